The fraction of sp³-hybridized carbons (Fsp3) is 1.00. The molecule has 0 heteroatoms. The van der Waals surface area contributed by atoms with Crippen LogP contribution in [-0.2, 0) is 0 Å². The second kappa shape index (κ2) is 1.67. The van der Waals surface area contributed by atoms with Crippen molar-refractivity contribution < 1.29 is 0 Å². The van der Waals surface area contributed by atoms with Crippen LogP contribution in [0.15, 0.2) is 0 Å². The van der Waals surface area contributed by atoms with Crippen molar-refractivity contribution in [2.45, 2.75) is 39.5 Å². The van der Waals surface area contributed by atoms with Crippen LogP contribution < -0.4 is 0 Å². The lowest BCUT2D eigenvalue weighted by Crippen LogP contribution is -2.51. The van der Waals surface area contributed by atoms with Crippen LogP contribution in [0.25, 0.3) is 0 Å². The predicted octanol–water partition coefficient (Wildman–Crippen LogP) is 3.08. The van der Waals surface area contributed by atoms with E-state index in [9.17, 15) is 0 Å². The number of hydrogen-bond donors (Lipinski definition) is 0. The van der Waals surface area contributed by atoms with E-state index >= 15 is 0 Å². The molecule has 5 unspecified atom stereocenters. The van der Waals surface area contributed by atoms with Crippen LogP contribution in [0.5, 0.6) is 0 Å². The number of rotatable bonds is 0. The fourth-order valence-corrected chi connectivity index (χ4v) is 4.39. The molecule has 62 valence electrons. The molecule has 0 aromatic carbocycles. The summed E-state index contributed by atoms with van der Waals surface area (Å²) >= 11 is 0. The van der Waals surface area contributed by atoms with E-state index in [0.717, 1.165) is 29.1 Å². The van der Waals surface area contributed by atoms with Crippen LogP contribution in [0.2, 0.25) is 0 Å². The van der Waals surface area contributed by atoms with Crippen molar-refractivity contribution in [2.24, 2.45) is 29.1 Å². The Morgan fingerprint density at radius 1 is 1.27 bits per heavy atom. The van der Waals surface area contributed by atoms with Gasteiger partial charge in [0.25, 0.3) is 0 Å². The van der Waals surface area contributed by atoms with Gasteiger partial charge >= 0.3 is 0 Å². The first-order valence-electron chi connectivity index (χ1n) is 5.22. The van der Waals surface area contributed by atoms with Gasteiger partial charge in [-0.3, -0.25) is 0 Å². The minimum atomic E-state index is 0.831. The molecule has 0 aromatic rings. The Bertz CT molecular complexity index is 196. The van der Waals surface area contributed by atoms with Crippen LogP contribution in [0.1, 0.15) is 39.5 Å². The summed E-state index contributed by atoms with van der Waals surface area (Å²) in [5, 5.41) is 0. The molecule has 0 amide bonds. The van der Waals surface area contributed by atoms with Crippen molar-refractivity contribution in [3.05, 3.63) is 0 Å². The SMILES string of the molecule is CC1CC2CC3C1CCC23C. The van der Waals surface area contributed by atoms with E-state index in [1.54, 1.807) is 25.7 Å². The first-order chi connectivity index (χ1) is 5.22. The number of fused-ring (bicyclic) bond motifs is 1. The monoisotopic (exact) mass is 150 g/mol. The lowest BCUT2D eigenvalue weighted by molar-refractivity contribution is -0.0950. The average Bonchev–Trinajstić information content (AvgIpc) is 2.19. The third-order valence-electron chi connectivity index (χ3n) is 5.24. The van der Waals surface area contributed by atoms with E-state index in [1.165, 1.54) is 0 Å². The molecule has 4 rings (SSSR count). The quantitative estimate of drug-likeness (QED) is 0.498. The Kier molecular flexibility index (Phi) is 0.990. The van der Waals surface area contributed by atoms with Gasteiger partial charge in [0.1, 0.15) is 0 Å². The van der Waals surface area contributed by atoms with Crippen molar-refractivity contribution in [1.82, 2.24) is 0 Å². The van der Waals surface area contributed by atoms with Gasteiger partial charge in [-0.2, -0.15) is 0 Å². The summed E-state index contributed by atoms with van der Waals surface area (Å²) in [6.45, 7) is 5.03. The molecule has 0 heterocycles. The molecule has 5 atom stereocenters. The van der Waals surface area contributed by atoms with Crippen LogP contribution >= 0.6 is 0 Å². The molecular formula is C11H18. The topological polar surface area (TPSA) is 0 Å². The van der Waals surface area contributed by atoms with Crippen LogP contribution in [-0.4, -0.2) is 0 Å². The molecule has 0 radical (unpaired) electrons. The Morgan fingerprint density at radius 3 is 2.82 bits per heavy atom. The van der Waals surface area contributed by atoms with Gasteiger partial charge in [0.15, 0.2) is 0 Å². The summed E-state index contributed by atoms with van der Waals surface area (Å²) < 4.78 is 0. The van der Waals surface area contributed by atoms with Crippen molar-refractivity contribution in [2.75, 3.05) is 0 Å². The fourth-order valence-electron chi connectivity index (χ4n) is 4.39. The molecule has 0 saturated heterocycles. The smallest absolute Gasteiger partial charge is 0.0266 e. The molecule has 4 fully saturated rings. The van der Waals surface area contributed by atoms with Gasteiger partial charge in [-0.05, 0) is 54.8 Å². The van der Waals surface area contributed by atoms with Gasteiger partial charge in [-0.15, -0.1) is 0 Å². The molecule has 0 aliphatic heterocycles. The zero-order valence-corrected chi connectivity index (χ0v) is 7.64. The zero-order valence-electron chi connectivity index (χ0n) is 7.64. The summed E-state index contributed by atoms with van der Waals surface area (Å²) in [6.07, 6.45) is 6.25. The Labute approximate surface area is 69.4 Å². The standard InChI is InChI=1S/C11H18/c1-7-5-8-6-10-9(7)3-4-11(8,10)2/h7-10H,3-6H2,1-2H3. The van der Waals surface area contributed by atoms with Gasteiger partial charge in [-0.25, -0.2) is 0 Å². The lowest BCUT2D eigenvalue weighted by Gasteiger charge is -2.58. The van der Waals surface area contributed by atoms with Crippen molar-refractivity contribution in [3.63, 3.8) is 0 Å². The van der Waals surface area contributed by atoms with Crippen molar-refractivity contribution in [1.29, 1.82) is 0 Å². The largest absolute Gasteiger partial charge is 0.0622 e. The summed E-state index contributed by atoms with van der Waals surface area (Å²) in [5.74, 6) is 4.47. The molecule has 11 heavy (non-hydrogen) atoms. The summed E-state index contributed by atoms with van der Waals surface area (Å²) in [6, 6.07) is 0. The molecule has 0 N–H and O–H groups in total. The Morgan fingerprint density at radius 2 is 2.09 bits per heavy atom. The molecule has 0 spiro atoms. The highest BCUT2D eigenvalue weighted by Crippen LogP contribution is 2.70. The van der Waals surface area contributed by atoms with Crippen LogP contribution in [0.3, 0.4) is 0 Å². The molecule has 4 aliphatic rings. The van der Waals surface area contributed by atoms with E-state index in [0.29, 0.717) is 0 Å². The molecule has 0 nitrogen and oxygen atoms in total. The minimum absolute atomic E-state index is 0.831. The normalized spacial score (nSPS) is 66.0. The third kappa shape index (κ3) is 0.554. The van der Waals surface area contributed by atoms with E-state index in [-0.39, 0.29) is 0 Å². The maximum atomic E-state index is 2.55. The molecule has 4 saturated carbocycles. The summed E-state index contributed by atoms with van der Waals surface area (Å²) in [5.41, 5.74) is 0.831. The van der Waals surface area contributed by atoms with Gasteiger partial charge in [0.2, 0.25) is 0 Å². The predicted molar refractivity (Wildman–Crippen MR) is 46.2 cm³/mol. The molecule has 0 aromatic heterocycles. The van der Waals surface area contributed by atoms with E-state index < -0.39 is 0 Å². The maximum Gasteiger partial charge on any atom is -0.0266 e. The second-order valence-electron chi connectivity index (χ2n) is 5.46. The summed E-state index contributed by atoms with van der Waals surface area (Å²) in [7, 11) is 0. The molecule has 4 bridgehead atoms. The van der Waals surface area contributed by atoms with E-state index in [2.05, 4.69) is 13.8 Å². The van der Waals surface area contributed by atoms with Gasteiger partial charge in [0, 0.05) is 0 Å². The summed E-state index contributed by atoms with van der Waals surface area (Å²) in [4.78, 5) is 0. The molecule has 4 aliphatic carbocycles. The van der Waals surface area contributed by atoms with Gasteiger partial charge in [-0.1, -0.05) is 13.8 Å². The van der Waals surface area contributed by atoms with Gasteiger partial charge < -0.3 is 0 Å². The minimum Gasteiger partial charge on any atom is -0.0622 e. The highest BCUT2D eigenvalue weighted by molar-refractivity contribution is 5.11. The third-order valence-corrected chi connectivity index (χ3v) is 5.24. The zero-order chi connectivity index (χ0) is 7.64. The average molecular weight is 150 g/mol. The van der Waals surface area contributed by atoms with Gasteiger partial charge in [0.05, 0.1) is 0 Å². The van der Waals surface area contributed by atoms with E-state index in [4.69, 9.17) is 0 Å². The highest BCUT2D eigenvalue weighted by atomic mass is 14.7. The highest BCUT2D eigenvalue weighted by Gasteiger charge is 2.62. The van der Waals surface area contributed by atoms with Crippen LogP contribution in [0.4, 0.5) is 0 Å². The Balaban J connectivity index is 1.99. The van der Waals surface area contributed by atoms with Crippen LogP contribution in [0, 0.1) is 29.1 Å². The van der Waals surface area contributed by atoms with E-state index in [1.807, 2.05) is 0 Å². The maximum absolute atomic E-state index is 2.55. The molecular weight excluding hydrogens is 132 g/mol. The van der Waals surface area contributed by atoms with Crippen molar-refractivity contribution >= 4 is 0 Å². The first kappa shape index (κ1) is 6.51. The lowest BCUT2D eigenvalue weighted by atomic mass is 9.47. The number of hydrogen-bond acceptors (Lipinski definition) is 0. The first-order valence-corrected chi connectivity index (χ1v) is 5.22. The second-order valence-corrected chi connectivity index (χ2v) is 5.46. The Hall–Kier alpha value is 0. The van der Waals surface area contributed by atoms with Crippen molar-refractivity contribution in [3.8, 4) is 0 Å².